The van der Waals surface area contributed by atoms with Crippen LogP contribution in [0.4, 0.5) is 11.6 Å². The summed E-state index contributed by atoms with van der Waals surface area (Å²) in [5, 5.41) is 3.18. The molecule has 0 saturated carbocycles. The summed E-state index contributed by atoms with van der Waals surface area (Å²) >= 11 is 0. The van der Waals surface area contributed by atoms with Crippen LogP contribution in [0.2, 0.25) is 0 Å². The van der Waals surface area contributed by atoms with Crippen molar-refractivity contribution >= 4 is 17.5 Å². The number of para-hydroxylation sites is 1. The third-order valence-electron chi connectivity index (χ3n) is 5.53. The van der Waals surface area contributed by atoms with Crippen LogP contribution >= 0.6 is 0 Å². The summed E-state index contributed by atoms with van der Waals surface area (Å²) < 4.78 is 5.88. The van der Waals surface area contributed by atoms with E-state index in [4.69, 9.17) is 9.72 Å². The van der Waals surface area contributed by atoms with Gasteiger partial charge in [0.25, 0.3) is 5.91 Å². The highest BCUT2D eigenvalue weighted by Gasteiger charge is 2.26. The lowest BCUT2D eigenvalue weighted by Crippen LogP contribution is -2.41. The average Bonchev–Trinajstić information content (AvgIpc) is 2.79. The van der Waals surface area contributed by atoms with Crippen LogP contribution in [0.3, 0.4) is 0 Å². The normalized spacial score (nSPS) is 16.1. The Kier molecular flexibility index (Phi) is 6.40. The Labute approximate surface area is 182 Å². The quantitative estimate of drug-likeness (QED) is 0.653. The molecule has 160 valence electrons. The smallest absolute Gasteiger partial charge is 0.260 e. The first kappa shape index (κ1) is 20.8. The number of amides is 1. The van der Waals surface area contributed by atoms with Gasteiger partial charge in [0.2, 0.25) is 0 Å². The lowest BCUT2D eigenvalue weighted by atomic mass is 9.94. The van der Waals surface area contributed by atoms with E-state index in [2.05, 4.69) is 15.3 Å². The fraction of sp³-hybridized carbons (Fsp3) is 0.333. The van der Waals surface area contributed by atoms with E-state index in [0.717, 1.165) is 47.8 Å². The van der Waals surface area contributed by atoms with Gasteiger partial charge in [-0.25, -0.2) is 9.97 Å². The zero-order valence-corrected chi connectivity index (χ0v) is 17.9. The van der Waals surface area contributed by atoms with Gasteiger partial charge in [-0.05, 0) is 49.9 Å². The fourth-order valence-corrected chi connectivity index (χ4v) is 3.94. The molecule has 0 aliphatic carbocycles. The van der Waals surface area contributed by atoms with E-state index in [-0.39, 0.29) is 18.4 Å². The number of nitrogens with one attached hydrogen (secondary N) is 1. The number of likely N-dealkylation sites (tertiary alicyclic amines) is 1. The number of carbonyl (C=O) groups excluding carboxylic acids is 1. The highest BCUT2D eigenvalue weighted by molar-refractivity contribution is 5.78. The van der Waals surface area contributed by atoms with E-state index in [1.807, 2.05) is 55.1 Å². The molecule has 1 N–H and O–H groups in total. The molecule has 3 aromatic rings. The molecule has 7 nitrogen and oxygen atoms in total. The van der Waals surface area contributed by atoms with Crippen molar-refractivity contribution in [1.82, 2.24) is 19.9 Å². The second kappa shape index (κ2) is 9.55. The number of ether oxygens (including phenoxy) is 1. The van der Waals surface area contributed by atoms with Gasteiger partial charge in [-0.15, -0.1) is 0 Å². The number of benzene rings is 1. The van der Waals surface area contributed by atoms with Gasteiger partial charge in [-0.1, -0.05) is 24.3 Å². The minimum Gasteiger partial charge on any atom is -0.483 e. The first-order valence-corrected chi connectivity index (χ1v) is 10.6. The van der Waals surface area contributed by atoms with Crippen molar-refractivity contribution in [2.24, 2.45) is 0 Å². The number of nitrogens with zero attached hydrogens (tertiary/aromatic N) is 4. The predicted octanol–water partition coefficient (Wildman–Crippen LogP) is 4.02. The minimum atomic E-state index is 0.0150. The molecule has 0 spiro atoms. The van der Waals surface area contributed by atoms with Crippen molar-refractivity contribution in [2.45, 2.75) is 32.6 Å². The van der Waals surface area contributed by atoms with Gasteiger partial charge >= 0.3 is 0 Å². The van der Waals surface area contributed by atoms with Gasteiger partial charge in [-0.2, -0.15) is 0 Å². The zero-order valence-electron chi connectivity index (χ0n) is 17.9. The van der Waals surface area contributed by atoms with E-state index < -0.39 is 0 Å². The van der Waals surface area contributed by atoms with Crippen molar-refractivity contribution in [3.05, 3.63) is 71.8 Å². The van der Waals surface area contributed by atoms with Crippen LogP contribution in [0.15, 0.2) is 55.0 Å². The summed E-state index contributed by atoms with van der Waals surface area (Å²) in [5.74, 6) is 2.38. The fourth-order valence-electron chi connectivity index (χ4n) is 3.94. The van der Waals surface area contributed by atoms with Crippen LogP contribution in [-0.4, -0.2) is 45.5 Å². The standard InChI is InChI=1S/C24H27N5O2/c1-17-6-3-7-18(2)24(17)31-16-23(30)29-13-5-8-19(15-29)20-9-4-10-21(27-20)28-22-14-25-11-12-26-22/h3-4,6-7,9-12,14,19H,5,8,13,15-16H2,1-2H3,(H,26,27,28)/t19-/m1/s1. The molecule has 1 atom stereocenters. The number of piperidine rings is 1. The second-order valence-corrected chi connectivity index (χ2v) is 7.85. The van der Waals surface area contributed by atoms with Crippen molar-refractivity contribution in [2.75, 3.05) is 25.0 Å². The number of aryl methyl sites for hydroxylation is 2. The highest BCUT2D eigenvalue weighted by atomic mass is 16.5. The molecule has 2 aromatic heterocycles. The number of hydrogen-bond donors (Lipinski definition) is 1. The Bertz CT molecular complexity index is 1020. The Morgan fingerprint density at radius 3 is 2.71 bits per heavy atom. The number of carbonyl (C=O) groups is 1. The molecule has 1 aliphatic rings. The number of rotatable bonds is 6. The van der Waals surface area contributed by atoms with E-state index >= 15 is 0 Å². The van der Waals surface area contributed by atoms with Crippen LogP contribution in [-0.2, 0) is 4.79 Å². The molecule has 1 aromatic carbocycles. The van der Waals surface area contributed by atoms with Gasteiger partial charge in [0.15, 0.2) is 6.61 Å². The molecule has 7 heteroatoms. The average molecular weight is 418 g/mol. The first-order valence-electron chi connectivity index (χ1n) is 10.6. The maximum Gasteiger partial charge on any atom is 0.260 e. The Hall–Kier alpha value is -3.48. The van der Waals surface area contributed by atoms with E-state index in [1.54, 1.807) is 18.6 Å². The number of aromatic nitrogens is 3. The van der Waals surface area contributed by atoms with Crippen LogP contribution in [0.25, 0.3) is 0 Å². The first-order chi connectivity index (χ1) is 15.1. The zero-order chi connectivity index (χ0) is 21.6. The van der Waals surface area contributed by atoms with Crippen molar-refractivity contribution < 1.29 is 9.53 Å². The molecule has 0 bridgehead atoms. The molecular weight excluding hydrogens is 390 g/mol. The number of anilines is 2. The molecular formula is C24H27N5O2. The van der Waals surface area contributed by atoms with E-state index in [1.165, 1.54) is 0 Å². The summed E-state index contributed by atoms with van der Waals surface area (Å²) in [6, 6.07) is 11.9. The third-order valence-corrected chi connectivity index (χ3v) is 5.53. The summed E-state index contributed by atoms with van der Waals surface area (Å²) in [5.41, 5.74) is 3.06. The van der Waals surface area contributed by atoms with Gasteiger partial charge < -0.3 is 15.0 Å². The number of pyridine rings is 1. The molecule has 1 saturated heterocycles. The molecule has 1 fully saturated rings. The Balaban J connectivity index is 1.39. The van der Waals surface area contributed by atoms with Gasteiger partial charge in [0, 0.05) is 37.1 Å². The van der Waals surface area contributed by atoms with Crippen molar-refractivity contribution in [1.29, 1.82) is 0 Å². The molecule has 1 aliphatic heterocycles. The highest BCUT2D eigenvalue weighted by Crippen LogP contribution is 2.27. The third kappa shape index (κ3) is 5.17. The molecule has 4 rings (SSSR count). The topological polar surface area (TPSA) is 80.2 Å². The summed E-state index contributed by atoms with van der Waals surface area (Å²) in [7, 11) is 0. The molecule has 1 amide bonds. The molecule has 31 heavy (non-hydrogen) atoms. The summed E-state index contributed by atoms with van der Waals surface area (Å²) in [6.07, 6.45) is 6.88. The van der Waals surface area contributed by atoms with Crippen molar-refractivity contribution in [3.8, 4) is 5.75 Å². The second-order valence-electron chi connectivity index (χ2n) is 7.85. The maximum absolute atomic E-state index is 12.8. The van der Waals surface area contributed by atoms with Crippen LogP contribution in [0.1, 0.15) is 35.6 Å². The van der Waals surface area contributed by atoms with Gasteiger partial charge in [0.05, 0.1) is 6.20 Å². The maximum atomic E-state index is 12.8. The van der Waals surface area contributed by atoms with Crippen LogP contribution < -0.4 is 10.1 Å². The molecule has 0 unspecified atom stereocenters. The lowest BCUT2D eigenvalue weighted by molar-refractivity contribution is -0.134. The van der Waals surface area contributed by atoms with Crippen LogP contribution in [0.5, 0.6) is 5.75 Å². The summed E-state index contributed by atoms with van der Waals surface area (Å²) in [4.78, 5) is 27.8. The predicted molar refractivity (Wildman–Crippen MR) is 120 cm³/mol. The molecule has 3 heterocycles. The van der Waals surface area contributed by atoms with Gasteiger partial charge in [-0.3, -0.25) is 9.78 Å². The van der Waals surface area contributed by atoms with Gasteiger partial charge in [0.1, 0.15) is 17.4 Å². The lowest BCUT2D eigenvalue weighted by Gasteiger charge is -2.32. The summed E-state index contributed by atoms with van der Waals surface area (Å²) in [6.45, 7) is 5.45. The minimum absolute atomic E-state index is 0.0150. The van der Waals surface area contributed by atoms with Crippen molar-refractivity contribution in [3.63, 3.8) is 0 Å². The Morgan fingerprint density at radius 1 is 1.13 bits per heavy atom. The molecule has 0 radical (unpaired) electrons. The number of hydrogen-bond acceptors (Lipinski definition) is 6. The van der Waals surface area contributed by atoms with E-state index in [0.29, 0.717) is 12.4 Å². The largest absolute Gasteiger partial charge is 0.483 e. The SMILES string of the molecule is Cc1cccc(C)c1OCC(=O)N1CCC[C@@H](c2cccc(Nc3cnccn3)n2)C1. The van der Waals surface area contributed by atoms with Crippen LogP contribution in [0, 0.1) is 13.8 Å². The van der Waals surface area contributed by atoms with E-state index in [9.17, 15) is 4.79 Å². The monoisotopic (exact) mass is 417 g/mol. The Morgan fingerprint density at radius 2 is 1.94 bits per heavy atom.